The third-order valence-corrected chi connectivity index (χ3v) is 4.76. The molecule has 14 heavy (non-hydrogen) atoms. The molecule has 0 aromatic heterocycles. The molecule has 2 atom stereocenters. The summed E-state index contributed by atoms with van der Waals surface area (Å²) in [5, 5.41) is 5.34. The lowest BCUT2D eigenvalue weighted by Gasteiger charge is -2.10. The van der Waals surface area contributed by atoms with Gasteiger partial charge in [-0.3, -0.25) is 0 Å². The van der Waals surface area contributed by atoms with E-state index in [2.05, 4.69) is 40.3 Å². The average Bonchev–Trinajstić information content (AvgIpc) is 2.57. The fourth-order valence-corrected chi connectivity index (χ4v) is 3.14. The SMILES string of the molecule is CC1CNC(c2ccc(Cl)c(Br)c2)S1. The summed E-state index contributed by atoms with van der Waals surface area (Å²) in [5.41, 5.74) is 1.29. The predicted octanol–water partition coefficient (Wildman–Crippen LogP) is 3.83. The van der Waals surface area contributed by atoms with Crippen molar-refractivity contribution in [3.8, 4) is 0 Å². The van der Waals surface area contributed by atoms with Crippen molar-refractivity contribution in [1.82, 2.24) is 5.32 Å². The monoisotopic (exact) mass is 291 g/mol. The Morgan fingerprint density at radius 3 is 2.93 bits per heavy atom. The van der Waals surface area contributed by atoms with Crippen molar-refractivity contribution in [2.75, 3.05) is 6.54 Å². The molecular weight excluding hydrogens is 282 g/mol. The Balaban J connectivity index is 2.20. The maximum atomic E-state index is 5.94. The van der Waals surface area contributed by atoms with Crippen molar-refractivity contribution < 1.29 is 0 Å². The summed E-state index contributed by atoms with van der Waals surface area (Å²) in [4.78, 5) is 0. The Hall–Kier alpha value is 0.300. The molecule has 4 heteroatoms. The van der Waals surface area contributed by atoms with Gasteiger partial charge < -0.3 is 5.32 Å². The van der Waals surface area contributed by atoms with Gasteiger partial charge in [-0.1, -0.05) is 24.6 Å². The van der Waals surface area contributed by atoms with Crippen LogP contribution in [0.25, 0.3) is 0 Å². The quantitative estimate of drug-likeness (QED) is 0.844. The fraction of sp³-hybridized carbons (Fsp3) is 0.400. The van der Waals surface area contributed by atoms with E-state index in [0.29, 0.717) is 10.6 Å². The van der Waals surface area contributed by atoms with E-state index in [1.54, 1.807) is 0 Å². The zero-order chi connectivity index (χ0) is 10.1. The van der Waals surface area contributed by atoms with Crippen LogP contribution in [0.4, 0.5) is 0 Å². The maximum Gasteiger partial charge on any atom is 0.0793 e. The molecule has 0 radical (unpaired) electrons. The van der Waals surface area contributed by atoms with Gasteiger partial charge in [0, 0.05) is 16.3 Å². The Labute approximate surface area is 102 Å². The highest BCUT2D eigenvalue weighted by Gasteiger charge is 2.22. The van der Waals surface area contributed by atoms with Gasteiger partial charge in [-0.2, -0.15) is 0 Å². The molecule has 2 unspecified atom stereocenters. The van der Waals surface area contributed by atoms with Gasteiger partial charge in [-0.15, -0.1) is 11.8 Å². The number of hydrogen-bond acceptors (Lipinski definition) is 2. The van der Waals surface area contributed by atoms with Crippen molar-refractivity contribution in [2.24, 2.45) is 0 Å². The van der Waals surface area contributed by atoms with Crippen LogP contribution in [0.15, 0.2) is 22.7 Å². The standard InChI is InChI=1S/C10H11BrClNS/c1-6-5-13-10(14-6)7-2-3-9(12)8(11)4-7/h2-4,6,10,13H,5H2,1H3. The van der Waals surface area contributed by atoms with E-state index in [9.17, 15) is 0 Å². The van der Waals surface area contributed by atoms with Crippen LogP contribution in [0.1, 0.15) is 17.9 Å². The van der Waals surface area contributed by atoms with Crippen molar-refractivity contribution in [3.05, 3.63) is 33.3 Å². The Morgan fingerprint density at radius 1 is 1.57 bits per heavy atom. The van der Waals surface area contributed by atoms with E-state index in [0.717, 1.165) is 16.0 Å². The van der Waals surface area contributed by atoms with Crippen molar-refractivity contribution in [3.63, 3.8) is 0 Å². The minimum atomic E-state index is 0.415. The summed E-state index contributed by atoms with van der Waals surface area (Å²) in [5.74, 6) is 0. The van der Waals surface area contributed by atoms with Crippen LogP contribution < -0.4 is 5.32 Å². The molecule has 2 rings (SSSR count). The van der Waals surface area contributed by atoms with Crippen LogP contribution in [0.5, 0.6) is 0 Å². The van der Waals surface area contributed by atoms with Crippen molar-refractivity contribution in [1.29, 1.82) is 0 Å². The van der Waals surface area contributed by atoms with Crippen LogP contribution >= 0.6 is 39.3 Å². The van der Waals surface area contributed by atoms with E-state index in [-0.39, 0.29) is 0 Å². The molecule has 1 aromatic carbocycles. The maximum absolute atomic E-state index is 5.94. The van der Waals surface area contributed by atoms with Crippen LogP contribution in [-0.4, -0.2) is 11.8 Å². The van der Waals surface area contributed by atoms with Gasteiger partial charge in [0.05, 0.1) is 10.4 Å². The first kappa shape index (κ1) is 10.8. The lowest BCUT2D eigenvalue weighted by molar-refractivity contribution is 0.717. The predicted molar refractivity (Wildman–Crippen MR) is 66.9 cm³/mol. The van der Waals surface area contributed by atoms with E-state index < -0.39 is 0 Å². The lowest BCUT2D eigenvalue weighted by atomic mass is 10.2. The highest BCUT2D eigenvalue weighted by molar-refractivity contribution is 9.10. The molecule has 1 aromatic rings. The first-order chi connectivity index (χ1) is 6.66. The summed E-state index contributed by atoms with van der Waals surface area (Å²) < 4.78 is 0.971. The molecule has 1 aliphatic rings. The van der Waals surface area contributed by atoms with Crippen molar-refractivity contribution >= 4 is 39.3 Å². The lowest BCUT2D eigenvalue weighted by Crippen LogP contribution is -2.13. The zero-order valence-electron chi connectivity index (χ0n) is 7.76. The minimum absolute atomic E-state index is 0.415. The summed E-state index contributed by atoms with van der Waals surface area (Å²) in [6, 6.07) is 6.10. The molecule has 0 aliphatic carbocycles. The Kier molecular flexibility index (Phi) is 3.42. The van der Waals surface area contributed by atoms with Crippen LogP contribution in [0.3, 0.4) is 0 Å². The van der Waals surface area contributed by atoms with E-state index in [1.807, 2.05) is 17.8 Å². The third-order valence-electron chi connectivity index (χ3n) is 2.21. The van der Waals surface area contributed by atoms with E-state index >= 15 is 0 Å². The van der Waals surface area contributed by atoms with Gasteiger partial charge in [0.2, 0.25) is 0 Å². The van der Waals surface area contributed by atoms with Gasteiger partial charge in [0.25, 0.3) is 0 Å². The van der Waals surface area contributed by atoms with Gasteiger partial charge in [-0.05, 0) is 33.6 Å². The molecule has 1 N–H and O–H groups in total. The largest absolute Gasteiger partial charge is 0.301 e. The van der Waals surface area contributed by atoms with E-state index in [1.165, 1.54) is 5.56 Å². The van der Waals surface area contributed by atoms with Gasteiger partial charge in [-0.25, -0.2) is 0 Å². The summed E-state index contributed by atoms with van der Waals surface area (Å²) in [6.07, 6.45) is 0. The molecule has 0 saturated carbocycles. The fourth-order valence-electron chi connectivity index (χ4n) is 1.47. The molecule has 1 heterocycles. The second kappa shape index (κ2) is 4.44. The van der Waals surface area contributed by atoms with Gasteiger partial charge in [0.15, 0.2) is 0 Å². The Bertz CT molecular complexity index is 345. The molecule has 1 aliphatic heterocycles. The smallest absolute Gasteiger partial charge is 0.0793 e. The molecule has 76 valence electrons. The zero-order valence-corrected chi connectivity index (χ0v) is 10.9. The normalized spacial score (nSPS) is 26.8. The molecule has 1 saturated heterocycles. The highest BCUT2D eigenvalue weighted by atomic mass is 79.9. The number of halogens is 2. The van der Waals surface area contributed by atoms with Gasteiger partial charge in [0.1, 0.15) is 0 Å². The van der Waals surface area contributed by atoms with Crippen LogP contribution in [0.2, 0.25) is 5.02 Å². The number of benzene rings is 1. The minimum Gasteiger partial charge on any atom is -0.301 e. The molecule has 0 amide bonds. The molecule has 1 nitrogen and oxygen atoms in total. The number of thioether (sulfide) groups is 1. The first-order valence-electron chi connectivity index (χ1n) is 4.50. The Morgan fingerprint density at radius 2 is 2.36 bits per heavy atom. The molecular formula is C10H11BrClNS. The van der Waals surface area contributed by atoms with Gasteiger partial charge >= 0.3 is 0 Å². The molecule has 1 fully saturated rings. The average molecular weight is 293 g/mol. The highest BCUT2D eigenvalue weighted by Crippen LogP contribution is 2.36. The molecule has 0 spiro atoms. The number of rotatable bonds is 1. The summed E-state index contributed by atoms with van der Waals surface area (Å²) in [6.45, 7) is 3.32. The molecule has 0 bridgehead atoms. The summed E-state index contributed by atoms with van der Waals surface area (Å²) in [7, 11) is 0. The second-order valence-corrected chi connectivity index (χ2v) is 6.22. The number of nitrogens with one attached hydrogen (secondary N) is 1. The summed E-state index contributed by atoms with van der Waals surface area (Å²) >= 11 is 11.3. The number of hydrogen-bond donors (Lipinski definition) is 1. The van der Waals surface area contributed by atoms with E-state index in [4.69, 9.17) is 11.6 Å². The van der Waals surface area contributed by atoms with Crippen molar-refractivity contribution in [2.45, 2.75) is 17.5 Å². The third kappa shape index (κ3) is 2.27. The first-order valence-corrected chi connectivity index (χ1v) is 6.62. The van der Waals surface area contributed by atoms with Crippen LogP contribution in [-0.2, 0) is 0 Å². The topological polar surface area (TPSA) is 12.0 Å². The second-order valence-electron chi connectivity index (χ2n) is 3.41. The van der Waals surface area contributed by atoms with Crippen LogP contribution in [0, 0.1) is 0 Å².